The Balaban J connectivity index is 1.42. The van der Waals surface area contributed by atoms with Gasteiger partial charge < -0.3 is 14.2 Å². The maximum absolute atomic E-state index is 12.5. The van der Waals surface area contributed by atoms with E-state index in [-0.39, 0.29) is 11.8 Å². The molecule has 3 rings (SSSR count). The van der Waals surface area contributed by atoms with Gasteiger partial charge in [0, 0.05) is 52.6 Å². The summed E-state index contributed by atoms with van der Waals surface area (Å²) in [5.41, 5.74) is 1.30. The first-order valence-corrected chi connectivity index (χ1v) is 9.44. The molecule has 1 aromatic heterocycles. The molecule has 6 heteroatoms. The summed E-state index contributed by atoms with van der Waals surface area (Å²) in [4.78, 5) is 30.3. The SMILES string of the molecule is CC(=O)N(CCC(=O)N1CCN(Cc2ccccc2)CC1)Cc1ccco1. The lowest BCUT2D eigenvalue weighted by molar-refractivity contribution is -0.135. The van der Waals surface area contributed by atoms with Crippen molar-refractivity contribution in [1.29, 1.82) is 0 Å². The average Bonchev–Trinajstić information content (AvgIpc) is 3.19. The Labute approximate surface area is 160 Å². The summed E-state index contributed by atoms with van der Waals surface area (Å²) in [5.74, 6) is 0.791. The highest BCUT2D eigenvalue weighted by Crippen LogP contribution is 2.11. The number of amides is 2. The smallest absolute Gasteiger partial charge is 0.224 e. The van der Waals surface area contributed by atoms with Crippen LogP contribution in [0.1, 0.15) is 24.7 Å². The molecule has 1 saturated heterocycles. The first-order chi connectivity index (χ1) is 13.1. The van der Waals surface area contributed by atoms with Crippen molar-refractivity contribution in [1.82, 2.24) is 14.7 Å². The van der Waals surface area contributed by atoms with E-state index in [0.717, 1.165) is 38.5 Å². The van der Waals surface area contributed by atoms with Gasteiger partial charge in [-0.1, -0.05) is 30.3 Å². The molecule has 1 aliphatic rings. The second-order valence-corrected chi connectivity index (χ2v) is 6.91. The van der Waals surface area contributed by atoms with Crippen LogP contribution in [0.25, 0.3) is 0 Å². The highest BCUT2D eigenvalue weighted by molar-refractivity contribution is 5.78. The molecule has 2 amide bonds. The molecule has 144 valence electrons. The Hall–Kier alpha value is -2.60. The topological polar surface area (TPSA) is 57.0 Å². The van der Waals surface area contributed by atoms with Crippen LogP contribution in [-0.2, 0) is 22.7 Å². The maximum atomic E-state index is 12.5. The van der Waals surface area contributed by atoms with Crippen molar-refractivity contribution in [3.05, 3.63) is 60.1 Å². The summed E-state index contributed by atoms with van der Waals surface area (Å²) >= 11 is 0. The van der Waals surface area contributed by atoms with Gasteiger partial charge in [-0.2, -0.15) is 0 Å². The predicted molar refractivity (Wildman–Crippen MR) is 103 cm³/mol. The Morgan fingerprint density at radius 1 is 1.04 bits per heavy atom. The molecule has 0 spiro atoms. The molecule has 0 unspecified atom stereocenters. The summed E-state index contributed by atoms with van der Waals surface area (Å²) in [6, 6.07) is 14.0. The first kappa shape index (κ1) is 19.2. The summed E-state index contributed by atoms with van der Waals surface area (Å²) in [6.07, 6.45) is 1.94. The van der Waals surface area contributed by atoms with Gasteiger partial charge >= 0.3 is 0 Å². The van der Waals surface area contributed by atoms with Crippen LogP contribution >= 0.6 is 0 Å². The van der Waals surface area contributed by atoms with E-state index in [2.05, 4.69) is 29.2 Å². The zero-order valence-corrected chi connectivity index (χ0v) is 15.8. The number of carbonyl (C=O) groups is 2. The van der Waals surface area contributed by atoms with E-state index in [1.165, 1.54) is 12.5 Å². The number of hydrogen-bond acceptors (Lipinski definition) is 4. The zero-order valence-electron chi connectivity index (χ0n) is 15.8. The van der Waals surface area contributed by atoms with Crippen molar-refractivity contribution in [3.63, 3.8) is 0 Å². The van der Waals surface area contributed by atoms with Crippen LogP contribution in [-0.4, -0.2) is 59.2 Å². The van der Waals surface area contributed by atoms with Crippen molar-refractivity contribution >= 4 is 11.8 Å². The fourth-order valence-electron chi connectivity index (χ4n) is 3.32. The molecule has 0 aliphatic carbocycles. The van der Waals surface area contributed by atoms with Gasteiger partial charge in [-0.3, -0.25) is 14.5 Å². The standard InChI is InChI=1S/C21H27N3O3/c1-18(25)24(17-20-8-5-15-27-20)10-9-21(26)23-13-11-22(12-14-23)16-19-6-3-2-4-7-19/h2-8,15H,9-14,16-17H2,1H3. The molecular weight excluding hydrogens is 342 g/mol. The van der Waals surface area contributed by atoms with Gasteiger partial charge in [-0.05, 0) is 17.7 Å². The van der Waals surface area contributed by atoms with Crippen LogP contribution in [0, 0.1) is 0 Å². The largest absolute Gasteiger partial charge is 0.467 e. The number of furan rings is 1. The van der Waals surface area contributed by atoms with Gasteiger partial charge in [0.1, 0.15) is 5.76 Å². The van der Waals surface area contributed by atoms with Crippen LogP contribution in [0.15, 0.2) is 53.1 Å². The van der Waals surface area contributed by atoms with Crippen LogP contribution in [0.2, 0.25) is 0 Å². The zero-order chi connectivity index (χ0) is 19.1. The Morgan fingerprint density at radius 2 is 1.78 bits per heavy atom. The molecule has 27 heavy (non-hydrogen) atoms. The molecule has 0 radical (unpaired) electrons. The second-order valence-electron chi connectivity index (χ2n) is 6.91. The minimum absolute atomic E-state index is 0.0492. The lowest BCUT2D eigenvalue weighted by Gasteiger charge is -2.35. The molecule has 1 aliphatic heterocycles. The molecule has 6 nitrogen and oxygen atoms in total. The average molecular weight is 369 g/mol. The number of nitrogens with zero attached hydrogens (tertiary/aromatic N) is 3. The van der Waals surface area contributed by atoms with Crippen molar-refractivity contribution < 1.29 is 14.0 Å². The van der Waals surface area contributed by atoms with Gasteiger partial charge in [-0.15, -0.1) is 0 Å². The monoisotopic (exact) mass is 369 g/mol. The predicted octanol–water partition coefficient (Wildman–Crippen LogP) is 2.36. The minimum atomic E-state index is -0.0492. The fourth-order valence-corrected chi connectivity index (χ4v) is 3.32. The summed E-state index contributed by atoms with van der Waals surface area (Å²) in [5, 5.41) is 0. The van der Waals surface area contributed by atoms with Crippen molar-refractivity contribution in [2.75, 3.05) is 32.7 Å². The Kier molecular flexibility index (Phi) is 6.65. The van der Waals surface area contributed by atoms with Gasteiger partial charge in [0.15, 0.2) is 0 Å². The van der Waals surface area contributed by atoms with Gasteiger partial charge in [0.05, 0.1) is 12.8 Å². The third-order valence-corrected chi connectivity index (χ3v) is 4.94. The Morgan fingerprint density at radius 3 is 2.41 bits per heavy atom. The van der Waals surface area contributed by atoms with Gasteiger partial charge in [0.2, 0.25) is 11.8 Å². The second kappa shape index (κ2) is 9.37. The third kappa shape index (κ3) is 5.69. The van der Waals surface area contributed by atoms with Gasteiger partial charge in [-0.25, -0.2) is 0 Å². The van der Waals surface area contributed by atoms with Crippen LogP contribution in [0.5, 0.6) is 0 Å². The Bertz CT molecular complexity index is 722. The molecule has 1 fully saturated rings. The number of hydrogen-bond donors (Lipinski definition) is 0. The van der Waals surface area contributed by atoms with E-state index in [4.69, 9.17) is 4.42 Å². The molecule has 2 aromatic rings. The molecule has 0 saturated carbocycles. The number of rotatable bonds is 7. The number of benzene rings is 1. The van der Waals surface area contributed by atoms with E-state index in [0.29, 0.717) is 19.5 Å². The molecular formula is C21H27N3O3. The van der Waals surface area contributed by atoms with Crippen LogP contribution < -0.4 is 0 Å². The summed E-state index contributed by atoms with van der Waals surface area (Å²) < 4.78 is 5.30. The summed E-state index contributed by atoms with van der Waals surface area (Å²) in [7, 11) is 0. The van der Waals surface area contributed by atoms with Gasteiger partial charge in [0.25, 0.3) is 0 Å². The molecule has 0 bridgehead atoms. The highest BCUT2D eigenvalue weighted by atomic mass is 16.3. The van der Waals surface area contributed by atoms with Crippen molar-refractivity contribution in [2.45, 2.75) is 26.4 Å². The third-order valence-electron chi connectivity index (χ3n) is 4.94. The van der Waals surface area contributed by atoms with Crippen molar-refractivity contribution in [3.8, 4) is 0 Å². The number of piperazine rings is 1. The van der Waals surface area contributed by atoms with E-state index in [9.17, 15) is 9.59 Å². The molecule has 2 heterocycles. The number of carbonyl (C=O) groups excluding carboxylic acids is 2. The van der Waals surface area contributed by atoms with E-state index in [1.54, 1.807) is 17.2 Å². The van der Waals surface area contributed by atoms with Crippen molar-refractivity contribution in [2.24, 2.45) is 0 Å². The lowest BCUT2D eigenvalue weighted by atomic mass is 10.2. The maximum Gasteiger partial charge on any atom is 0.224 e. The fraction of sp³-hybridized carbons (Fsp3) is 0.429. The first-order valence-electron chi connectivity index (χ1n) is 9.44. The molecule has 0 N–H and O–H groups in total. The normalized spacial score (nSPS) is 14.9. The van der Waals surface area contributed by atoms with Crippen LogP contribution in [0.4, 0.5) is 0 Å². The van der Waals surface area contributed by atoms with E-state index in [1.807, 2.05) is 17.0 Å². The minimum Gasteiger partial charge on any atom is -0.467 e. The highest BCUT2D eigenvalue weighted by Gasteiger charge is 2.22. The summed E-state index contributed by atoms with van der Waals surface area (Å²) in [6.45, 7) is 6.50. The van der Waals surface area contributed by atoms with E-state index < -0.39 is 0 Å². The molecule has 0 atom stereocenters. The quantitative estimate of drug-likeness (QED) is 0.752. The molecule has 1 aromatic carbocycles. The van der Waals surface area contributed by atoms with Crippen LogP contribution in [0.3, 0.4) is 0 Å². The van der Waals surface area contributed by atoms with E-state index >= 15 is 0 Å². The lowest BCUT2D eigenvalue weighted by Crippen LogP contribution is -2.48.